The van der Waals surface area contributed by atoms with Crippen molar-refractivity contribution in [2.75, 3.05) is 12.3 Å². The molecule has 11 nitrogen and oxygen atoms in total. The maximum absolute atomic E-state index is 10.3. The third-order valence-electron chi connectivity index (χ3n) is 2.59. The minimum atomic E-state index is -1.02. The summed E-state index contributed by atoms with van der Waals surface area (Å²) >= 11 is 1.10. The summed E-state index contributed by atoms with van der Waals surface area (Å²) in [5.74, 6) is -2.69. The van der Waals surface area contributed by atoms with E-state index in [0.29, 0.717) is 25.1 Å². The van der Waals surface area contributed by atoms with Crippen molar-refractivity contribution < 1.29 is 29.7 Å². The molecule has 23 heavy (non-hydrogen) atoms. The molecule has 1 saturated heterocycles. The lowest BCUT2D eigenvalue weighted by molar-refractivity contribution is -0.140. The number of hydrogen-bond acceptors (Lipinski definition) is 7. The van der Waals surface area contributed by atoms with E-state index >= 15 is 0 Å². The van der Waals surface area contributed by atoms with E-state index in [1.54, 1.807) is 0 Å². The van der Waals surface area contributed by atoms with Crippen LogP contribution in [0.25, 0.3) is 0 Å². The van der Waals surface area contributed by atoms with E-state index in [-0.39, 0.29) is 5.96 Å². The van der Waals surface area contributed by atoms with Gasteiger partial charge in [-0.15, -0.1) is 11.8 Å². The molecule has 0 spiro atoms. The topological polar surface area (TPSA) is 214 Å². The number of rotatable bonds is 7. The molecular weight excluding hydrogens is 330 g/mol. The Bertz CT molecular complexity index is 436. The molecule has 0 aromatic rings. The molecule has 132 valence electrons. The molecular formula is C11H21N5O6S. The molecule has 0 aliphatic carbocycles. The number of thioether (sulfide) groups is 1. The molecule has 0 aromatic heterocycles. The van der Waals surface area contributed by atoms with Crippen LogP contribution < -0.4 is 22.5 Å². The average molecular weight is 351 g/mol. The third-order valence-corrected chi connectivity index (χ3v) is 3.79. The monoisotopic (exact) mass is 351 g/mol. The van der Waals surface area contributed by atoms with Crippen molar-refractivity contribution in [3.05, 3.63) is 0 Å². The maximum Gasteiger partial charge on any atom is 0.331 e. The summed E-state index contributed by atoms with van der Waals surface area (Å²) in [5.41, 5.74) is 15.3. The Balaban J connectivity index is 0.000000422. The highest BCUT2D eigenvalue weighted by molar-refractivity contribution is 8.00. The molecule has 1 aliphatic heterocycles. The number of aliphatic carboxylic acids is 3. The number of carboxylic acids is 3. The molecule has 1 rings (SSSR count). The van der Waals surface area contributed by atoms with Crippen LogP contribution in [0.4, 0.5) is 0 Å². The fourth-order valence-electron chi connectivity index (χ4n) is 1.40. The van der Waals surface area contributed by atoms with Crippen LogP contribution in [0, 0.1) is 0 Å². The summed E-state index contributed by atoms with van der Waals surface area (Å²) in [6.07, 6.45) is 0.956. The van der Waals surface area contributed by atoms with Crippen molar-refractivity contribution in [2.45, 2.75) is 30.3 Å². The van der Waals surface area contributed by atoms with Crippen LogP contribution in [0.5, 0.6) is 0 Å². The Morgan fingerprint density at radius 3 is 2.17 bits per heavy atom. The number of guanidine groups is 1. The number of nitrogens with one attached hydrogen (secondary N) is 1. The van der Waals surface area contributed by atoms with E-state index in [9.17, 15) is 14.4 Å². The summed E-state index contributed by atoms with van der Waals surface area (Å²) in [6.45, 7) is 0.420. The highest BCUT2D eigenvalue weighted by atomic mass is 32.2. The lowest BCUT2D eigenvalue weighted by atomic mass is 10.2. The highest BCUT2D eigenvalue weighted by Gasteiger charge is 2.33. The van der Waals surface area contributed by atoms with Crippen LogP contribution >= 0.6 is 11.8 Å². The summed E-state index contributed by atoms with van der Waals surface area (Å²) in [6, 6.07) is -1.54. The van der Waals surface area contributed by atoms with Crippen molar-refractivity contribution in [3.63, 3.8) is 0 Å². The molecule has 1 aliphatic rings. The van der Waals surface area contributed by atoms with Crippen molar-refractivity contribution in [1.82, 2.24) is 5.32 Å². The van der Waals surface area contributed by atoms with Gasteiger partial charge in [0, 0.05) is 12.3 Å². The fourth-order valence-corrected chi connectivity index (χ4v) is 2.43. The summed E-state index contributed by atoms with van der Waals surface area (Å²) in [7, 11) is 0. The minimum Gasteiger partial charge on any atom is -0.480 e. The molecule has 0 amide bonds. The predicted octanol–water partition coefficient (Wildman–Crippen LogP) is -2.36. The van der Waals surface area contributed by atoms with Gasteiger partial charge in [-0.3, -0.25) is 19.9 Å². The number of aliphatic imine (C=N–C) groups is 1. The molecule has 2 unspecified atom stereocenters. The van der Waals surface area contributed by atoms with Gasteiger partial charge in [0.05, 0.1) is 0 Å². The van der Waals surface area contributed by atoms with E-state index in [2.05, 4.69) is 10.3 Å². The Morgan fingerprint density at radius 2 is 1.83 bits per heavy atom. The number of nitrogens with zero attached hydrogens (tertiary/aromatic N) is 1. The smallest absolute Gasteiger partial charge is 0.331 e. The molecule has 1 fully saturated rings. The van der Waals surface area contributed by atoms with Gasteiger partial charge < -0.3 is 32.5 Å². The van der Waals surface area contributed by atoms with Crippen molar-refractivity contribution >= 4 is 35.6 Å². The first kappa shape index (κ1) is 20.9. The van der Waals surface area contributed by atoms with E-state index < -0.39 is 35.4 Å². The highest BCUT2D eigenvalue weighted by Crippen LogP contribution is 2.18. The van der Waals surface area contributed by atoms with Crippen LogP contribution in [0.2, 0.25) is 0 Å². The standard InChI is InChI=1S/C6H14N4O2.C5H7NO4S/c7-4(5(11)12)2-1-3-10-6(8)9;7-4(8)2-1-11-3(6-2)5(9)10/h4H,1-3,7H2,(H,11,12)(H4,8,9,10);2-3,6H,1H2,(H,7,8)(H,9,10)/t4-;/m0./s1. The van der Waals surface area contributed by atoms with Gasteiger partial charge in [-0.25, -0.2) is 4.79 Å². The quantitative estimate of drug-likeness (QED) is 0.146. The molecule has 12 heteroatoms. The van der Waals surface area contributed by atoms with Crippen LogP contribution in [0.15, 0.2) is 4.99 Å². The van der Waals surface area contributed by atoms with Crippen molar-refractivity contribution in [1.29, 1.82) is 0 Å². The zero-order valence-electron chi connectivity index (χ0n) is 12.2. The summed E-state index contributed by atoms with van der Waals surface area (Å²) in [4.78, 5) is 34.5. The fraction of sp³-hybridized carbons (Fsp3) is 0.636. The Kier molecular flexibility index (Phi) is 9.69. The maximum atomic E-state index is 10.3. The van der Waals surface area contributed by atoms with Crippen molar-refractivity contribution in [3.8, 4) is 0 Å². The van der Waals surface area contributed by atoms with E-state index in [1.165, 1.54) is 0 Å². The first-order valence-electron chi connectivity index (χ1n) is 6.52. The second-order valence-corrected chi connectivity index (χ2v) is 5.64. The largest absolute Gasteiger partial charge is 0.480 e. The number of carbonyl (C=O) groups is 3. The second-order valence-electron chi connectivity index (χ2n) is 4.50. The molecule has 0 aromatic carbocycles. The van der Waals surface area contributed by atoms with Crippen LogP contribution in [-0.2, 0) is 14.4 Å². The van der Waals surface area contributed by atoms with Gasteiger partial charge in [0.25, 0.3) is 0 Å². The lowest BCUT2D eigenvalue weighted by Gasteiger charge is -2.04. The molecule has 0 saturated carbocycles. The summed E-state index contributed by atoms with van der Waals surface area (Å²) < 4.78 is 0. The third kappa shape index (κ3) is 9.55. The Labute approximate surface area is 136 Å². The van der Waals surface area contributed by atoms with Crippen LogP contribution in [0.1, 0.15) is 12.8 Å². The number of carboxylic acid groups (broad SMARTS) is 3. The lowest BCUT2D eigenvalue weighted by Crippen LogP contribution is -2.39. The van der Waals surface area contributed by atoms with Crippen LogP contribution in [0.3, 0.4) is 0 Å². The zero-order valence-corrected chi connectivity index (χ0v) is 13.0. The first-order chi connectivity index (χ1) is 10.6. The van der Waals surface area contributed by atoms with Gasteiger partial charge in [-0.1, -0.05) is 0 Å². The van der Waals surface area contributed by atoms with Gasteiger partial charge >= 0.3 is 17.9 Å². The van der Waals surface area contributed by atoms with Gasteiger partial charge in [0.1, 0.15) is 12.1 Å². The van der Waals surface area contributed by atoms with E-state index in [1.807, 2.05) is 0 Å². The first-order valence-corrected chi connectivity index (χ1v) is 7.57. The molecule has 10 N–H and O–H groups in total. The Hall–Kier alpha value is -2.05. The van der Waals surface area contributed by atoms with Gasteiger partial charge in [-0.2, -0.15) is 0 Å². The van der Waals surface area contributed by atoms with Gasteiger partial charge in [0.2, 0.25) is 0 Å². The minimum absolute atomic E-state index is 0.0129. The molecule has 3 atom stereocenters. The SMILES string of the molecule is NC(N)=NCCC[C@H](N)C(=O)O.O=C(O)C1CSC(C(=O)O)N1. The Morgan fingerprint density at radius 1 is 1.22 bits per heavy atom. The molecule has 1 heterocycles. The van der Waals surface area contributed by atoms with Gasteiger partial charge in [-0.05, 0) is 12.8 Å². The normalized spacial score (nSPS) is 20.7. The predicted molar refractivity (Wildman–Crippen MR) is 84.0 cm³/mol. The molecule has 0 bridgehead atoms. The van der Waals surface area contributed by atoms with Gasteiger partial charge in [0.15, 0.2) is 11.3 Å². The van der Waals surface area contributed by atoms with E-state index in [4.69, 9.17) is 32.5 Å². The zero-order chi connectivity index (χ0) is 18.0. The van der Waals surface area contributed by atoms with Crippen molar-refractivity contribution in [2.24, 2.45) is 22.2 Å². The summed E-state index contributed by atoms with van der Waals surface area (Å²) in [5, 5.41) is 26.9. The number of hydrogen-bond donors (Lipinski definition) is 7. The second kappa shape index (κ2) is 10.6. The average Bonchev–Trinajstić information content (AvgIpc) is 2.94. The van der Waals surface area contributed by atoms with E-state index in [0.717, 1.165) is 11.8 Å². The molecule has 0 radical (unpaired) electrons. The van der Waals surface area contributed by atoms with Crippen LogP contribution in [-0.4, -0.2) is 68.9 Å². The number of nitrogens with two attached hydrogens (primary N) is 3.